The molecule has 2 nitrogen and oxygen atoms in total. The molecule has 1 rings (SSSR count). The van der Waals surface area contributed by atoms with Crippen LogP contribution in [0.1, 0.15) is 19.8 Å². The van der Waals surface area contributed by atoms with E-state index in [1.54, 1.807) is 7.11 Å². The fourth-order valence-corrected chi connectivity index (χ4v) is 0.960. The monoisotopic (exact) mass is 130 g/mol. The number of rotatable bonds is 3. The third-order valence-electron chi connectivity index (χ3n) is 1.96. The van der Waals surface area contributed by atoms with Crippen LogP contribution in [0, 0.1) is 5.92 Å². The van der Waals surface area contributed by atoms with Crippen LogP contribution in [0.4, 0.5) is 0 Å². The number of hydrogen-bond acceptors (Lipinski definition) is 2. The van der Waals surface area contributed by atoms with Crippen molar-refractivity contribution in [1.29, 1.82) is 0 Å². The molecule has 0 bridgehead atoms. The molecule has 1 saturated carbocycles. The van der Waals surface area contributed by atoms with E-state index in [4.69, 9.17) is 4.74 Å². The van der Waals surface area contributed by atoms with Crippen molar-refractivity contribution in [2.75, 3.05) is 7.11 Å². The van der Waals surface area contributed by atoms with Gasteiger partial charge in [0.1, 0.15) is 0 Å². The summed E-state index contributed by atoms with van der Waals surface area (Å²) in [5.74, 6) is 0.528. The van der Waals surface area contributed by atoms with E-state index in [0.29, 0.717) is 5.92 Å². The van der Waals surface area contributed by atoms with Crippen LogP contribution >= 0.6 is 0 Å². The van der Waals surface area contributed by atoms with E-state index in [1.165, 1.54) is 12.8 Å². The molecule has 0 aromatic rings. The number of aliphatic hydroxyl groups excluding tert-OH is 1. The normalized spacial score (nSPS) is 25.7. The highest BCUT2D eigenvalue weighted by atomic mass is 16.5. The van der Waals surface area contributed by atoms with Gasteiger partial charge in [0, 0.05) is 7.11 Å². The molecule has 0 heterocycles. The standard InChI is InChI=1S/C7H14O2/c1-5(9-2)7(8)6-3-4-6/h5-8H,3-4H2,1-2H3/t5-,7+/m0/s1. The second-order valence-electron chi connectivity index (χ2n) is 2.77. The molecule has 0 saturated heterocycles. The summed E-state index contributed by atoms with van der Waals surface area (Å²) in [6.07, 6.45) is 2.14. The molecular formula is C7H14O2. The summed E-state index contributed by atoms with van der Waals surface area (Å²) in [5.41, 5.74) is 0. The third-order valence-corrected chi connectivity index (χ3v) is 1.96. The Kier molecular flexibility index (Phi) is 2.09. The number of aliphatic hydroxyl groups is 1. The van der Waals surface area contributed by atoms with E-state index in [0.717, 1.165) is 0 Å². The Balaban J connectivity index is 2.22. The highest BCUT2D eigenvalue weighted by Gasteiger charge is 2.33. The van der Waals surface area contributed by atoms with Gasteiger partial charge in [0.15, 0.2) is 0 Å². The van der Waals surface area contributed by atoms with E-state index in [9.17, 15) is 5.11 Å². The lowest BCUT2D eigenvalue weighted by Gasteiger charge is -2.15. The first-order chi connectivity index (χ1) is 4.25. The number of ether oxygens (including phenoxy) is 1. The minimum absolute atomic E-state index is 0.0116. The Labute approximate surface area is 55.8 Å². The van der Waals surface area contributed by atoms with E-state index in [2.05, 4.69) is 0 Å². The van der Waals surface area contributed by atoms with Gasteiger partial charge in [0.05, 0.1) is 12.2 Å². The fraction of sp³-hybridized carbons (Fsp3) is 1.00. The summed E-state index contributed by atoms with van der Waals surface area (Å²) in [6, 6.07) is 0. The number of methoxy groups -OCH3 is 1. The van der Waals surface area contributed by atoms with E-state index < -0.39 is 0 Å². The van der Waals surface area contributed by atoms with Crippen LogP contribution in [-0.4, -0.2) is 24.4 Å². The summed E-state index contributed by atoms with van der Waals surface area (Å²) in [6.45, 7) is 1.91. The zero-order chi connectivity index (χ0) is 6.85. The van der Waals surface area contributed by atoms with Gasteiger partial charge in [-0.3, -0.25) is 0 Å². The summed E-state index contributed by atoms with van der Waals surface area (Å²) >= 11 is 0. The quantitative estimate of drug-likeness (QED) is 0.612. The highest BCUT2D eigenvalue weighted by molar-refractivity contribution is 4.84. The van der Waals surface area contributed by atoms with Crippen molar-refractivity contribution in [1.82, 2.24) is 0 Å². The Bertz CT molecular complexity index is 88.9. The van der Waals surface area contributed by atoms with Crippen molar-refractivity contribution in [3.63, 3.8) is 0 Å². The van der Waals surface area contributed by atoms with Crippen LogP contribution in [0.15, 0.2) is 0 Å². The molecule has 1 aliphatic rings. The molecule has 0 amide bonds. The molecule has 1 fully saturated rings. The van der Waals surface area contributed by atoms with Gasteiger partial charge in [-0.25, -0.2) is 0 Å². The maximum absolute atomic E-state index is 9.33. The van der Waals surface area contributed by atoms with Gasteiger partial charge < -0.3 is 9.84 Å². The lowest BCUT2D eigenvalue weighted by atomic mass is 10.1. The molecule has 9 heavy (non-hydrogen) atoms. The molecule has 0 aromatic carbocycles. The van der Waals surface area contributed by atoms with Crippen LogP contribution in [-0.2, 0) is 4.74 Å². The Morgan fingerprint density at radius 2 is 2.11 bits per heavy atom. The molecule has 0 unspecified atom stereocenters. The van der Waals surface area contributed by atoms with Crippen LogP contribution in [0.5, 0.6) is 0 Å². The summed E-state index contributed by atoms with van der Waals surface area (Å²) < 4.78 is 4.96. The number of hydrogen-bond donors (Lipinski definition) is 1. The van der Waals surface area contributed by atoms with E-state index >= 15 is 0 Å². The minimum Gasteiger partial charge on any atom is -0.390 e. The first kappa shape index (κ1) is 7.03. The molecule has 0 spiro atoms. The zero-order valence-electron chi connectivity index (χ0n) is 6.00. The average molecular weight is 130 g/mol. The van der Waals surface area contributed by atoms with E-state index in [-0.39, 0.29) is 12.2 Å². The summed E-state index contributed by atoms with van der Waals surface area (Å²) in [7, 11) is 1.64. The van der Waals surface area contributed by atoms with Crippen molar-refractivity contribution in [2.24, 2.45) is 5.92 Å². The largest absolute Gasteiger partial charge is 0.390 e. The Hall–Kier alpha value is -0.0800. The van der Waals surface area contributed by atoms with Crippen molar-refractivity contribution in [2.45, 2.75) is 32.0 Å². The van der Waals surface area contributed by atoms with Gasteiger partial charge in [-0.1, -0.05) is 0 Å². The maximum Gasteiger partial charge on any atom is 0.0827 e. The van der Waals surface area contributed by atoms with Crippen molar-refractivity contribution in [3.05, 3.63) is 0 Å². The molecule has 0 radical (unpaired) electrons. The van der Waals surface area contributed by atoms with Gasteiger partial charge in [-0.05, 0) is 25.7 Å². The van der Waals surface area contributed by atoms with Gasteiger partial charge >= 0.3 is 0 Å². The maximum atomic E-state index is 9.33. The van der Waals surface area contributed by atoms with Crippen LogP contribution < -0.4 is 0 Å². The van der Waals surface area contributed by atoms with Crippen LogP contribution in [0.25, 0.3) is 0 Å². The molecular weight excluding hydrogens is 116 g/mol. The lowest BCUT2D eigenvalue weighted by molar-refractivity contribution is -0.0114. The van der Waals surface area contributed by atoms with Gasteiger partial charge in [-0.2, -0.15) is 0 Å². The molecule has 2 atom stereocenters. The van der Waals surface area contributed by atoms with E-state index in [1.807, 2.05) is 6.92 Å². The highest BCUT2D eigenvalue weighted by Crippen LogP contribution is 2.34. The summed E-state index contributed by atoms with van der Waals surface area (Å²) in [4.78, 5) is 0. The SMILES string of the molecule is CO[C@@H](C)[C@@H](O)C1CC1. The minimum atomic E-state index is -0.227. The zero-order valence-corrected chi connectivity index (χ0v) is 6.00. The Morgan fingerprint density at radius 3 is 2.44 bits per heavy atom. The first-order valence-electron chi connectivity index (χ1n) is 3.46. The molecule has 0 aromatic heterocycles. The molecule has 1 N–H and O–H groups in total. The van der Waals surface area contributed by atoms with Crippen molar-refractivity contribution >= 4 is 0 Å². The van der Waals surface area contributed by atoms with Crippen LogP contribution in [0.2, 0.25) is 0 Å². The van der Waals surface area contributed by atoms with Crippen molar-refractivity contribution < 1.29 is 9.84 Å². The van der Waals surface area contributed by atoms with Gasteiger partial charge in [0.2, 0.25) is 0 Å². The fourth-order valence-electron chi connectivity index (χ4n) is 0.960. The second-order valence-corrected chi connectivity index (χ2v) is 2.77. The molecule has 1 aliphatic carbocycles. The van der Waals surface area contributed by atoms with Gasteiger partial charge in [0.25, 0.3) is 0 Å². The third kappa shape index (κ3) is 1.66. The summed E-state index contributed by atoms with van der Waals surface area (Å²) in [5, 5.41) is 9.33. The Morgan fingerprint density at radius 1 is 1.56 bits per heavy atom. The van der Waals surface area contributed by atoms with Crippen molar-refractivity contribution in [3.8, 4) is 0 Å². The van der Waals surface area contributed by atoms with Crippen LogP contribution in [0.3, 0.4) is 0 Å². The first-order valence-corrected chi connectivity index (χ1v) is 3.46. The second kappa shape index (κ2) is 2.67. The van der Waals surface area contributed by atoms with Gasteiger partial charge in [-0.15, -0.1) is 0 Å². The average Bonchev–Trinajstić information content (AvgIpc) is 2.66. The topological polar surface area (TPSA) is 29.5 Å². The molecule has 0 aliphatic heterocycles. The lowest BCUT2D eigenvalue weighted by Crippen LogP contribution is -2.26. The molecule has 2 heteroatoms. The predicted octanol–water partition coefficient (Wildman–Crippen LogP) is 0.792. The predicted molar refractivity (Wildman–Crippen MR) is 35.2 cm³/mol. The smallest absolute Gasteiger partial charge is 0.0827 e. The molecule has 54 valence electrons.